The molecule has 0 radical (unpaired) electrons. The van der Waals surface area contributed by atoms with Gasteiger partial charge in [0.05, 0.1) is 19.8 Å². The Morgan fingerprint density at radius 3 is 2.54 bits per heavy atom. The van der Waals surface area contributed by atoms with Crippen molar-refractivity contribution in [1.82, 2.24) is 4.90 Å². The van der Waals surface area contributed by atoms with E-state index in [-0.39, 0.29) is 12.5 Å². The van der Waals surface area contributed by atoms with E-state index >= 15 is 0 Å². The van der Waals surface area contributed by atoms with E-state index < -0.39 is 5.97 Å². The molecule has 0 unspecified atom stereocenters. The molecule has 6 heteroatoms. The van der Waals surface area contributed by atoms with Gasteiger partial charge in [0.25, 0.3) is 5.91 Å². The summed E-state index contributed by atoms with van der Waals surface area (Å²) in [5, 5.41) is 0. The number of hydrogen-bond acceptors (Lipinski definition) is 5. The van der Waals surface area contributed by atoms with E-state index in [0.29, 0.717) is 29.0 Å². The molecule has 1 heterocycles. The van der Waals surface area contributed by atoms with Gasteiger partial charge in [0.15, 0.2) is 18.1 Å². The summed E-state index contributed by atoms with van der Waals surface area (Å²) in [6.45, 7) is 0.560. The number of esters is 1. The van der Waals surface area contributed by atoms with E-state index in [1.54, 1.807) is 18.2 Å². The van der Waals surface area contributed by atoms with Crippen molar-refractivity contribution >= 4 is 11.9 Å². The van der Waals surface area contributed by atoms with Gasteiger partial charge >= 0.3 is 5.97 Å². The zero-order valence-electron chi connectivity index (χ0n) is 15.5. The average Bonchev–Trinajstić information content (AvgIpc) is 2.70. The minimum atomic E-state index is -0.531. The molecule has 2 fully saturated rings. The van der Waals surface area contributed by atoms with Crippen molar-refractivity contribution in [2.75, 3.05) is 27.4 Å². The second-order valence-corrected chi connectivity index (χ2v) is 6.99. The van der Waals surface area contributed by atoms with E-state index in [2.05, 4.69) is 0 Å². The van der Waals surface area contributed by atoms with Crippen LogP contribution in [0, 0.1) is 5.92 Å². The van der Waals surface area contributed by atoms with Gasteiger partial charge in [-0.3, -0.25) is 4.79 Å². The number of carbonyl (C=O) groups is 2. The summed E-state index contributed by atoms with van der Waals surface area (Å²) in [4.78, 5) is 26.8. The summed E-state index contributed by atoms with van der Waals surface area (Å²) in [6, 6.07) is 5.13. The van der Waals surface area contributed by atoms with Crippen molar-refractivity contribution in [3.63, 3.8) is 0 Å². The number of hydrogen-bond donors (Lipinski definition) is 0. The van der Waals surface area contributed by atoms with Gasteiger partial charge in [-0.05, 0) is 49.8 Å². The van der Waals surface area contributed by atoms with E-state index in [1.165, 1.54) is 39.9 Å². The second kappa shape index (κ2) is 8.43. The van der Waals surface area contributed by atoms with E-state index in [9.17, 15) is 9.59 Å². The third-order valence-corrected chi connectivity index (χ3v) is 5.51. The SMILES string of the molecule is COc1ccc(C(=O)OCC(=O)N2CCC[C@H]3CCCC[C@@H]32)cc1OC. The molecule has 1 aliphatic heterocycles. The highest BCUT2D eigenvalue weighted by atomic mass is 16.5. The highest BCUT2D eigenvalue weighted by Gasteiger charge is 2.35. The molecule has 2 aliphatic rings. The summed E-state index contributed by atoms with van der Waals surface area (Å²) in [6.07, 6.45) is 6.96. The average molecular weight is 361 g/mol. The van der Waals surface area contributed by atoms with E-state index in [1.807, 2.05) is 4.90 Å². The summed E-state index contributed by atoms with van der Waals surface area (Å²) >= 11 is 0. The molecule has 1 aromatic rings. The minimum absolute atomic E-state index is 0.0876. The predicted molar refractivity (Wildman–Crippen MR) is 96.5 cm³/mol. The number of carbonyl (C=O) groups excluding carboxylic acids is 2. The summed E-state index contributed by atoms with van der Waals surface area (Å²) in [5.41, 5.74) is 0.338. The summed E-state index contributed by atoms with van der Waals surface area (Å²) < 4.78 is 15.6. The fourth-order valence-corrected chi connectivity index (χ4v) is 4.19. The van der Waals surface area contributed by atoms with Crippen molar-refractivity contribution in [3.8, 4) is 11.5 Å². The molecule has 1 amide bonds. The van der Waals surface area contributed by atoms with Gasteiger partial charge in [0, 0.05) is 12.6 Å². The van der Waals surface area contributed by atoms with Gasteiger partial charge in [0.1, 0.15) is 0 Å². The normalized spacial score (nSPS) is 22.3. The van der Waals surface area contributed by atoms with Crippen LogP contribution < -0.4 is 9.47 Å². The van der Waals surface area contributed by atoms with Crippen LogP contribution in [-0.2, 0) is 9.53 Å². The fraction of sp³-hybridized carbons (Fsp3) is 0.600. The lowest BCUT2D eigenvalue weighted by molar-refractivity contribution is -0.140. The van der Waals surface area contributed by atoms with Gasteiger partial charge in [-0.2, -0.15) is 0 Å². The van der Waals surface area contributed by atoms with Crippen molar-refractivity contribution in [1.29, 1.82) is 0 Å². The predicted octanol–water partition coefficient (Wildman–Crippen LogP) is 3.04. The molecule has 1 aliphatic carbocycles. The van der Waals surface area contributed by atoms with Crippen molar-refractivity contribution in [3.05, 3.63) is 23.8 Å². The Bertz CT molecular complexity index is 658. The standard InChI is InChI=1S/C20H27NO5/c1-24-17-10-9-15(12-18(17)25-2)20(23)26-13-19(22)21-11-5-7-14-6-3-4-8-16(14)21/h9-10,12,14,16H,3-8,11,13H2,1-2H3/t14-,16+/m1/s1. The number of fused-ring (bicyclic) bond motifs is 1. The molecule has 6 nitrogen and oxygen atoms in total. The Morgan fingerprint density at radius 1 is 1.04 bits per heavy atom. The Hall–Kier alpha value is -2.24. The maximum Gasteiger partial charge on any atom is 0.338 e. The molecule has 1 saturated heterocycles. The fourth-order valence-electron chi connectivity index (χ4n) is 4.19. The Morgan fingerprint density at radius 2 is 1.77 bits per heavy atom. The van der Waals surface area contributed by atoms with Crippen LogP contribution in [-0.4, -0.2) is 50.2 Å². The molecule has 0 bridgehead atoms. The van der Waals surface area contributed by atoms with Crippen LogP contribution in [0.2, 0.25) is 0 Å². The van der Waals surface area contributed by atoms with Gasteiger partial charge in [-0.1, -0.05) is 12.8 Å². The third-order valence-electron chi connectivity index (χ3n) is 5.51. The molecular weight excluding hydrogens is 334 g/mol. The van der Waals surface area contributed by atoms with E-state index in [0.717, 1.165) is 19.4 Å². The van der Waals surface area contributed by atoms with E-state index in [4.69, 9.17) is 14.2 Å². The maximum absolute atomic E-state index is 12.6. The number of likely N-dealkylation sites (tertiary alicyclic amines) is 1. The topological polar surface area (TPSA) is 65.1 Å². The van der Waals surface area contributed by atoms with Gasteiger partial charge in [-0.15, -0.1) is 0 Å². The zero-order valence-corrected chi connectivity index (χ0v) is 15.5. The quantitative estimate of drug-likeness (QED) is 0.754. The number of piperidine rings is 1. The number of methoxy groups -OCH3 is 2. The van der Waals surface area contributed by atoms with Gasteiger partial charge < -0.3 is 19.1 Å². The molecule has 3 rings (SSSR count). The van der Waals surface area contributed by atoms with Crippen LogP contribution in [0.3, 0.4) is 0 Å². The van der Waals surface area contributed by atoms with Crippen molar-refractivity contribution in [2.45, 2.75) is 44.6 Å². The minimum Gasteiger partial charge on any atom is -0.493 e. The van der Waals surface area contributed by atoms with Crippen LogP contribution >= 0.6 is 0 Å². The Balaban J connectivity index is 1.59. The summed E-state index contributed by atoms with van der Waals surface area (Å²) in [5.74, 6) is 0.987. The first-order valence-corrected chi connectivity index (χ1v) is 9.32. The number of ether oxygens (including phenoxy) is 3. The first-order valence-electron chi connectivity index (χ1n) is 9.32. The molecule has 142 valence electrons. The third kappa shape index (κ3) is 3.94. The first kappa shape index (κ1) is 18.5. The lowest BCUT2D eigenvalue weighted by Crippen LogP contribution is -2.50. The highest BCUT2D eigenvalue weighted by molar-refractivity contribution is 5.92. The molecule has 1 aromatic carbocycles. The lowest BCUT2D eigenvalue weighted by atomic mass is 9.78. The number of rotatable bonds is 5. The highest BCUT2D eigenvalue weighted by Crippen LogP contribution is 2.35. The second-order valence-electron chi connectivity index (χ2n) is 6.99. The molecule has 26 heavy (non-hydrogen) atoms. The largest absolute Gasteiger partial charge is 0.493 e. The van der Waals surface area contributed by atoms with Gasteiger partial charge in [0.2, 0.25) is 0 Å². The van der Waals surface area contributed by atoms with Crippen molar-refractivity contribution < 1.29 is 23.8 Å². The smallest absolute Gasteiger partial charge is 0.338 e. The van der Waals surface area contributed by atoms with Crippen LogP contribution in [0.4, 0.5) is 0 Å². The monoisotopic (exact) mass is 361 g/mol. The Labute approximate surface area is 154 Å². The van der Waals surface area contributed by atoms with Gasteiger partial charge in [-0.25, -0.2) is 4.79 Å². The molecular formula is C20H27NO5. The lowest BCUT2D eigenvalue weighted by Gasteiger charge is -2.44. The molecule has 0 aromatic heterocycles. The van der Waals surface area contributed by atoms with Crippen LogP contribution in [0.5, 0.6) is 11.5 Å². The summed E-state index contributed by atoms with van der Waals surface area (Å²) in [7, 11) is 3.04. The maximum atomic E-state index is 12.6. The molecule has 0 spiro atoms. The van der Waals surface area contributed by atoms with Crippen LogP contribution in [0.25, 0.3) is 0 Å². The number of amides is 1. The van der Waals surface area contributed by atoms with Crippen LogP contribution in [0.15, 0.2) is 18.2 Å². The molecule has 0 N–H and O–H groups in total. The molecule has 2 atom stereocenters. The molecule has 1 saturated carbocycles. The van der Waals surface area contributed by atoms with Crippen molar-refractivity contribution in [2.24, 2.45) is 5.92 Å². The first-order chi connectivity index (χ1) is 12.6. The Kier molecular flexibility index (Phi) is 6.01. The number of nitrogens with zero attached hydrogens (tertiary/aromatic N) is 1. The zero-order chi connectivity index (χ0) is 18.5. The van der Waals surface area contributed by atoms with Crippen LogP contribution in [0.1, 0.15) is 48.9 Å². The number of benzene rings is 1.